The summed E-state index contributed by atoms with van der Waals surface area (Å²) in [6.45, 7) is 3.36. The average Bonchev–Trinajstić information content (AvgIpc) is 3.19. The highest BCUT2D eigenvalue weighted by atomic mass is 16.3. The molecule has 8 nitrogen and oxygen atoms in total. The quantitative estimate of drug-likeness (QED) is 0.425. The van der Waals surface area contributed by atoms with Crippen LogP contribution in [0.4, 0.5) is 0 Å². The Bertz CT molecular complexity index is 1590. The number of rotatable bonds is 5. The van der Waals surface area contributed by atoms with Gasteiger partial charge in [-0.25, -0.2) is 9.50 Å². The number of aromatic nitrogens is 4. The van der Waals surface area contributed by atoms with Gasteiger partial charge in [-0.1, -0.05) is 36.4 Å². The lowest BCUT2D eigenvalue weighted by molar-refractivity contribution is 0.0939. The molecule has 2 N–H and O–H groups in total. The minimum absolute atomic E-state index is 0.242. The highest BCUT2D eigenvalue weighted by Gasteiger charge is 2.23. The lowest BCUT2D eigenvalue weighted by atomic mass is 10.0. The summed E-state index contributed by atoms with van der Waals surface area (Å²) >= 11 is 0. The highest BCUT2D eigenvalue weighted by Crippen LogP contribution is 2.24. The van der Waals surface area contributed by atoms with Gasteiger partial charge in [-0.2, -0.15) is 5.10 Å². The zero-order valence-corrected chi connectivity index (χ0v) is 18.8. The van der Waals surface area contributed by atoms with Crippen molar-refractivity contribution >= 4 is 22.3 Å². The lowest BCUT2D eigenvalue weighted by Gasteiger charge is -2.21. The number of fused-ring (bicyclic) bond motifs is 2. The summed E-state index contributed by atoms with van der Waals surface area (Å²) in [4.78, 5) is 31.3. The molecule has 0 fully saturated rings. The predicted molar refractivity (Wildman–Crippen MR) is 129 cm³/mol. The van der Waals surface area contributed by atoms with Crippen molar-refractivity contribution < 1.29 is 9.90 Å². The molecular formula is C26H23N5O3. The first-order chi connectivity index (χ1) is 16.5. The van der Waals surface area contributed by atoms with E-state index in [0.29, 0.717) is 44.6 Å². The Morgan fingerprint density at radius 2 is 1.91 bits per heavy atom. The molecule has 34 heavy (non-hydrogen) atoms. The van der Waals surface area contributed by atoms with Crippen molar-refractivity contribution in [1.29, 1.82) is 0 Å². The largest absolute Gasteiger partial charge is 0.392 e. The van der Waals surface area contributed by atoms with E-state index in [-0.39, 0.29) is 18.1 Å². The van der Waals surface area contributed by atoms with Gasteiger partial charge in [0.25, 0.3) is 11.5 Å². The Kier molecular flexibility index (Phi) is 5.43. The minimum atomic E-state index is -0.513. The molecule has 0 bridgehead atoms. The SMILES string of the molecule is Cc1nn2cccnc2c1C(=O)N[C@@H](C)c1cc2cccc(CO)c2c(=O)n1-c1ccccc1. The number of aryl methyl sites for hydroxylation is 1. The van der Waals surface area contributed by atoms with E-state index in [1.54, 1.807) is 46.6 Å². The first-order valence-corrected chi connectivity index (χ1v) is 10.9. The maximum atomic E-state index is 13.7. The van der Waals surface area contributed by atoms with Crippen LogP contribution in [0.3, 0.4) is 0 Å². The van der Waals surface area contributed by atoms with Gasteiger partial charge < -0.3 is 10.4 Å². The Hall–Kier alpha value is -4.30. The molecule has 0 aliphatic carbocycles. The van der Waals surface area contributed by atoms with E-state index in [1.165, 1.54) is 0 Å². The van der Waals surface area contributed by atoms with Crippen molar-refractivity contribution in [2.24, 2.45) is 0 Å². The van der Waals surface area contributed by atoms with Crippen molar-refractivity contribution in [1.82, 2.24) is 24.5 Å². The van der Waals surface area contributed by atoms with Gasteiger partial charge >= 0.3 is 0 Å². The molecule has 5 rings (SSSR count). The molecule has 0 unspecified atom stereocenters. The van der Waals surface area contributed by atoms with E-state index in [4.69, 9.17) is 0 Å². The molecule has 3 aromatic heterocycles. The van der Waals surface area contributed by atoms with E-state index in [2.05, 4.69) is 15.4 Å². The molecule has 0 saturated carbocycles. The fourth-order valence-electron chi connectivity index (χ4n) is 4.35. The van der Waals surface area contributed by atoms with Crippen molar-refractivity contribution in [3.8, 4) is 5.69 Å². The third kappa shape index (κ3) is 3.54. The fourth-order valence-corrected chi connectivity index (χ4v) is 4.35. The van der Waals surface area contributed by atoms with Gasteiger partial charge in [-0.3, -0.25) is 14.2 Å². The zero-order valence-electron chi connectivity index (χ0n) is 18.8. The number of amides is 1. The maximum Gasteiger partial charge on any atom is 0.263 e. The summed E-state index contributed by atoms with van der Waals surface area (Å²) in [6, 6.07) is 17.8. The Labute approximate surface area is 195 Å². The van der Waals surface area contributed by atoms with Crippen LogP contribution in [0, 0.1) is 6.92 Å². The molecule has 3 heterocycles. The van der Waals surface area contributed by atoms with Crippen LogP contribution in [-0.2, 0) is 6.61 Å². The molecule has 0 aliphatic heterocycles. The van der Waals surface area contributed by atoms with Crippen LogP contribution >= 0.6 is 0 Å². The van der Waals surface area contributed by atoms with Gasteiger partial charge in [-0.15, -0.1) is 0 Å². The molecule has 0 radical (unpaired) electrons. The number of aliphatic hydroxyl groups is 1. The van der Waals surface area contributed by atoms with Gasteiger partial charge in [0.1, 0.15) is 5.56 Å². The summed E-state index contributed by atoms with van der Waals surface area (Å²) in [5.74, 6) is -0.324. The van der Waals surface area contributed by atoms with E-state index in [1.807, 2.05) is 49.4 Å². The molecule has 0 aliphatic rings. The minimum Gasteiger partial charge on any atom is -0.392 e. The standard InChI is InChI=1S/C26H23N5O3/c1-16(28-25(33)22-17(2)29-30-13-7-12-27-24(22)30)21-14-18-8-6-9-19(15-32)23(18)26(34)31(21)20-10-4-3-5-11-20/h3-14,16,32H,15H2,1-2H3,(H,28,33)/t16-/m0/s1. The molecule has 0 spiro atoms. The maximum absolute atomic E-state index is 13.7. The van der Waals surface area contributed by atoms with Crippen LogP contribution in [0.25, 0.3) is 22.1 Å². The number of benzene rings is 2. The molecular weight excluding hydrogens is 430 g/mol. The third-order valence-electron chi connectivity index (χ3n) is 5.93. The van der Waals surface area contributed by atoms with Crippen molar-refractivity contribution in [2.45, 2.75) is 26.5 Å². The molecule has 5 aromatic rings. The smallest absolute Gasteiger partial charge is 0.263 e. The molecule has 0 saturated heterocycles. The number of hydrogen-bond acceptors (Lipinski definition) is 5. The Balaban J connectivity index is 1.64. The Morgan fingerprint density at radius 1 is 1.12 bits per heavy atom. The van der Waals surface area contributed by atoms with Gasteiger partial charge in [0.2, 0.25) is 0 Å². The summed E-state index contributed by atoms with van der Waals surface area (Å²) in [5, 5.41) is 18.4. The topological polar surface area (TPSA) is 102 Å². The van der Waals surface area contributed by atoms with E-state index < -0.39 is 6.04 Å². The number of nitrogens with zero attached hydrogens (tertiary/aromatic N) is 4. The first-order valence-electron chi connectivity index (χ1n) is 10.9. The van der Waals surface area contributed by atoms with E-state index in [0.717, 1.165) is 0 Å². The highest BCUT2D eigenvalue weighted by molar-refractivity contribution is 6.01. The summed E-state index contributed by atoms with van der Waals surface area (Å²) in [7, 11) is 0. The Morgan fingerprint density at radius 3 is 2.68 bits per heavy atom. The first kappa shape index (κ1) is 21.5. The molecule has 2 aromatic carbocycles. The number of hydrogen-bond donors (Lipinski definition) is 2. The number of carbonyl (C=O) groups is 1. The second-order valence-electron chi connectivity index (χ2n) is 8.13. The monoisotopic (exact) mass is 453 g/mol. The van der Waals surface area contributed by atoms with E-state index >= 15 is 0 Å². The van der Waals surface area contributed by atoms with Crippen LogP contribution in [0.2, 0.25) is 0 Å². The molecule has 170 valence electrons. The van der Waals surface area contributed by atoms with Crippen molar-refractivity contribution in [3.05, 3.63) is 106 Å². The fraction of sp³-hybridized carbons (Fsp3) is 0.154. The van der Waals surface area contributed by atoms with Gasteiger partial charge in [0.15, 0.2) is 5.65 Å². The molecule has 8 heteroatoms. The predicted octanol–water partition coefficient (Wildman–Crippen LogP) is 3.33. The number of aliphatic hydroxyl groups excluding tert-OH is 1. The van der Waals surface area contributed by atoms with E-state index in [9.17, 15) is 14.7 Å². The van der Waals surface area contributed by atoms with Crippen molar-refractivity contribution in [3.63, 3.8) is 0 Å². The summed E-state index contributed by atoms with van der Waals surface area (Å²) in [5.41, 5.74) is 3.03. The van der Waals surface area contributed by atoms with Crippen LogP contribution in [0.1, 0.15) is 40.3 Å². The van der Waals surface area contributed by atoms with Crippen LogP contribution in [0.5, 0.6) is 0 Å². The lowest BCUT2D eigenvalue weighted by Crippen LogP contribution is -2.32. The molecule has 1 amide bonds. The summed E-state index contributed by atoms with van der Waals surface area (Å²) < 4.78 is 3.16. The average molecular weight is 454 g/mol. The number of pyridine rings is 1. The number of para-hydroxylation sites is 1. The van der Waals surface area contributed by atoms with Gasteiger partial charge in [-0.05, 0) is 49.1 Å². The second-order valence-corrected chi connectivity index (χ2v) is 8.13. The van der Waals surface area contributed by atoms with Gasteiger partial charge in [0, 0.05) is 23.8 Å². The molecule has 1 atom stereocenters. The normalized spacial score (nSPS) is 12.2. The third-order valence-corrected chi connectivity index (χ3v) is 5.93. The zero-order chi connectivity index (χ0) is 23.8. The van der Waals surface area contributed by atoms with Crippen LogP contribution in [-0.4, -0.2) is 30.2 Å². The van der Waals surface area contributed by atoms with Crippen LogP contribution in [0.15, 0.2) is 77.9 Å². The number of carbonyl (C=O) groups excluding carboxylic acids is 1. The van der Waals surface area contributed by atoms with Crippen molar-refractivity contribution in [2.75, 3.05) is 0 Å². The van der Waals surface area contributed by atoms with Gasteiger partial charge in [0.05, 0.1) is 23.7 Å². The number of nitrogens with one attached hydrogen (secondary N) is 1. The second kappa shape index (κ2) is 8.57. The van der Waals surface area contributed by atoms with Crippen LogP contribution < -0.4 is 10.9 Å². The summed E-state index contributed by atoms with van der Waals surface area (Å²) in [6.07, 6.45) is 3.36.